The molecule has 0 aromatic rings. The predicted molar refractivity (Wildman–Crippen MR) is 69.6 cm³/mol. The molecule has 2 fully saturated rings. The van der Waals surface area contributed by atoms with Gasteiger partial charge in [0.25, 0.3) is 0 Å². The molecule has 2 heterocycles. The molecule has 2 rings (SSSR count). The number of amides is 1. The number of carbonyl (C=O) groups is 1. The summed E-state index contributed by atoms with van der Waals surface area (Å²) in [6.45, 7) is 1.98. The lowest BCUT2D eigenvalue weighted by molar-refractivity contribution is -0.122. The van der Waals surface area contributed by atoms with Gasteiger partial charge in [-0.05, 0) is 32.1 Å². The SMILES string of the molecule is CCCC(=O)NC1CC2CCC(C1)N2S(C)(=O)=O. The number of hydrogen-bond donors (Lipinski definition) is 1. The molecule has 104 valence electrons. The van der Waals surface area contributed by atoms with Gasteiger partial charge in [-0.25, -0.2) is 8.42 Å². The first-order valence-electron chi connectivity index (χ1n) is 6.69. The second-order valence-electron chi connectivity index (χ2n) is 5.46. The van der Waals surface area contributed by atoms with Crippen LogP contribution in [-0.2, 0) is 14.8 Å². The summed E-state index contributed by atoms with van der Waals surface area (Å²) in [6, 6.07) is 0.330. The molecule has 0 aromatic heterocycles. The molecule has 5 nitrogen and oxygen atoms in total. The first-order chi connectivity index (χ1) is 8.41. The fourth-order valence-corrected chi connectivity index (χ4v) is 4.79. The number of nitrogens with one attached hydrogen (secondary N) is 1. The van der Waals surface area contributed by atoms with Crippen molar-refractivity contribution in [3.05, 3.63) is 0 Å². The van der Waals surface area contributed by atoms with Gasteiger partial charge in [0.15, 0.2) is 0 Å². The fraction of sp³-hybridized carbons (Fsp3) is 0.917. The van der Waals surface area contributed by atoms with Gasteiger partial charge in [-0.15, -0.1) is 0 Å². The standard InChI is InChI=1S/C12H22N2O3S/c1-3-4-12(15)13-9-7-10-5-6-11(8-9)14(10)18(2,16)17/h9-11H,3-8H2,1-2H3,(H,13,15). The molecule has 1 amide bonds. The molecule has 2 bridgehead atoms. The van der Waals surface area contributed by atoms with Crippen LogP contribution in [0.25, 0.3) is 0 Å². The van der Waals surface area contributed by atoms with Crippen LogP contribution in [0.1, 0.15) is 45.4 Å². The summed E-state index contributed by atoms with van der Waals surface area (Å²) in [4.78, 5) is 11.6. The number of nitrogens with zero attached hydrogens (tertiary/aromatic N) is 1. The van der Waals surface area contributed by atoms with E-state index >= 15 is 0 Å². The number of sulfonamides is 1. The lowest BCUT2D eigenvalue weighted by Gasteiger charge is -2.37. The Morgan fingerprint density at radius 1 is 1.28 bits per heavy atom. The molecule has 0 aliphatic carbocycles. The summed E-state index contributed by atoms with van der Waals surface area (Å²) >= 11 is 0. The van der Waals surface area contributed by atoms with Crippen molar-refractivity contribution >= 4 is 15.9 Å². The van der Waals surface area contributed by atoms with Crippen molar-refractivity contribution in [2.75, 3.05) is 6.26 Å². The smallest absolute Gasteiger partial charge is 0.220 e. The first-order valence-corrected chi connectivity index (χ1v) is 8.54. The van der Waals surface area contributed by atoms with E-state index in [1.165, 1.54) is 6.26 Å². The molecular formula is C12H22N2O3S. The molecule has 1 N–H and O–H groups in total. The maximum atomic E-state index is 11.7. The van der Waals surface area contributed by atoms with E-state index in [2.05, 4.69) is 5.32 Å². The Morgan fingerprint density at radius 3 is 2.28 bits per heavy atom. The van der Waals surface area contributed by atoms with Crippen LogP contribution in [0.15, 0.2) is 0 Å². The summed E-state index contributed by atoms with van der Waals surface area (Å²) in [5.41, 5.74) is 0. The summed E-state index contributed by atoms with van der Waals surface area (Å²) in [5.74, 6) is 0.0923. The van der Waals surface area contributed by atoms with Crippen LogP contribution in [0.4, 0.5) is 0 Å². The highest BCUT2D eigenvalue weighted by molar-refractivity contribution is 7.88. The Morgan fingerprint density at radius 2 is 1.83 bits per heavy atom. The molecule has 2 atom stereocenters. The molecule has 0 aromatic carbocycles. The van der Waals surface area contributed by atoms with Crippen molar-refractivity contribution in [1.29, 1.82) is 0 Å². The number of piperidine rings is 1. The maximum absolute atomic E-state index is 11.7. The first kappa shape index (κ1) is 13.8. The Kier molecular flexibility index (Phi) is 3.96. The van der Waals surface area contributed by atoms with Crippen LogP contribution in [0.3, 0.4) is 0 Å². The van der Waals surface area contributed by atoms with E-state index in [0.717, 1.165) is 32.1 Å². The summed E-state index contributed by atoms with van der Waals surface area (Å²) < 4.78 is 25.1. The van der Waals surface area contributed by atoms with Gasteiger partial charge in [0.1, 0.15) is 0 Å². The summed E-state index contributed by atoms with van der Waals surface area (Å²) in [5, 5.41) is 3.03. The van der Waals surface area contributed by atoms with Crippen molar-refractivity contribution in [2.24, 2.45) is 0 Å². The monoisotopic (exact) mass is 274 g/mol. The van der Waals surface area contributed by atoms with E-state index in [4.69, 9.17) is 0 Å². The van der Waals surface area contributed by atoms with E-state index in [-0.39, 0.29) is 24.0 Å². The number of fused-ring (bicyclic) bond motifs is 2. The van der Waals surface area contributed by atoms with E-state index in [1.807, 2.05) is 6.92 Å². The van der Waals surface area contributed by atoms with Gasteiger partial charge in [0.05, 0.1) is 6.26 Å². The van der Waals surface area contributed by atoms with Crippen LogP contribution in [-0.4, -0.2) is 43.0 Å². The third-order valence-electron chi connectivity index (χ3n) is 3.89. The number of carbonyl (C=O) groups excluding carboxylic acids is 1. The van der Waals surface area contributed by atoms with Crippen LogP contribution in [0, 0.1) is 0 Å². The van der Waals surface area contributed by atoms with Crippen molar-refractivity contribution in [1.82, 2.24) is 9.62 Å². The van der Waals surface area contributed by atoms with Crippen LogP contribution in [0.5, 0.6) is 0 Å². The zero-order valence-electron chi connectivity index (χ0n) is 11.1. The highest BCUT2D eigenvalue weighted by Gasteiger charge is 2.45. The van der Waals surface area contributed by atoms with Gasteiger partial charge in [0.2, 0.25) is 15.9 Å². The zero-order chi connectivity index (χ0) is 13.3. The van der Waals surface area contributed by atoms with Crippen LogP contribution >= 0.6 is 0 Å². The number of rotatable bonds is 4. The minimum atomic E-state index is -3.10. The number of hydrogen-bond acceptors (Lipinski definition) is 3. The Labute approximate surface area is 109 Å². The third-order valence-corrected chi connectivity index (χ3v) is 5.25. The Bertz CT molecular complexity index is 407. The van der Waals surface area contributed by atoms with Crippen LogP contribution < -0.4 is 5.32 Å². The lowest BCUT2D eigenvalue weighted by atomic mass is 9.99. The van der Waals surface area contributed by atoms with Gasteiger partial charge in [-0.3, -0.25) is 4.79 Å². The van der Waals surface area contributed by atoms with Gasteiger partial charge in [-0.2, -0.15) is 4.31 Å². The second kappa shape index (κ2) is 5.17. The predicted octanol–water partition coefficient (Wildman–Crippen LogP) is 0.858. The Hall–Kier alpha value is -0.620. The minimum absolute atomic E-state index is 0.0886. The Balaban J connectivity index is 1.98. The zero-order valence-corrected chi connectivity index (χ0v) is 11.9. The molecule has 18 heavy (non-hydrogen) atoms. The molecule has 2 saturated heterocycles. The van der Waals surface area contributed by atoms with Gasteiger partial charge < -0.3 is 5.32 Å². The fourth-order valence-electron chi connectivity index (χ4n) is 3.32. The van der Waals surface area contributed by atoms with E-state index in [1.54, 1.807) is 4.31 Å². The second-order valence-corrected chi connectivity index (χ2v) is 7.35. The highest BCUT2D eigenvalue weighted by atomic mass is 32.2. The molecule has 2 aliphatic heterocycles. The maximum Gasteiger partial charge on any atom is 0.220 e. The normalized spacial score (nSPS) is 32.4. The molecule has 0 radical (unpaired) electrons. The average molecular weight is 274 g/mol. The van der Waals surface area contributed by atoms with E-state index in [9.17, 15) is 13.2 Å². The summed E-state index contributed by atoms with van der Waals surface area (Å²) in [6.07, 6.45) is 6.07. The average Bonchev–Trinajstić information content (AvgIpc) is 2.51. The lowest BCUT2D eigenvalue weighted by Crippen LogP contribution is -2.52. The topological polar surface area (TPSA) is 66.5 Å². The molecule has 0 spiro atoms. The highest BCUT2D eigenvalue weighted by Crippen LogP contribution is 2.37. The van der Waals surface area contributed by atoms with Crippen molar-refractivity contribution in [2.45, 2.75) is 63.6 Å². The van der Waals surface area contributed by atoms with Crippen molar-refractivity contribution in [3.63, 3.8) is 0 Å². The molecule has 6 heteroatoms. The van der Waals surface area contributed by atoms with Crippen LogP contribution in [0.2, 0.25) is 0 Å². The van der Waals surface area contributed by atoms with E-state index in [0.29, 0.717) is 6.42 Å². The van der Waals surface area contributed by atoms with E-state index < -0.39 is 10.0 Å². The van der Waals surface area contributed by atoms with Gasteiger partial charge >= 0.3 is 0 Å². The van der Waals surface area contributed by atoms with Crippen molar-refractivity contribution in [3.8, 4) is 0 Å². The summed E-state index contributed by atoms with van der Waals surface area (Å²) in [7, 11) is -3.10. The van der Waals surface area contributed by atoms with Gasteiger partial charge in [-0.1, -0.05) is 6.92 Å². The molecule has 0 saturated carbocycles. The van der Waals surface area contributed by atoms with Crippen molar-refractivity contribution < 1.29 is 13.2 Å². The quantitative estimate of drug-likeness (QED) is 0.827. The minimum Gasteiger partial charge on any atom is -0.353 e. The molecule has 2 unspecified atom stereocenters. The third kappa shape index (κ3) is 2.85. The molecule has 2 aliphatic rings. The largest absolute Gasteiger partial charge is 0.353 e. The van der Waals surface area contributed by atoms with Gasteiger partial charge in [0, 0.05) is 24.5 Å². The molecular weight excluding hydrogens is 252 g/mol.